The Kier molecular flexibility index (Phi) is 7.47. The molecular weight excluding hydrogens is 428 g/mol. The SMILES string of the molecule is Fc1ccc(-c2ncnc3c2CCN(Cc2ccccn2)CC3)cc1.O=C(O)C(F)(F)F. The molecule has 0 saturated heterocycles. The number of halogens is 4. The van der Waals surface area contributed by atoms with Crippen molar-refractivity contribution in [3.05, 3.63) is 77.8 Å². The number of fused-ring (bicyclic) bond motifs is 1. The van der Waals surface area contributed by atoms with Crippen LogP contribution in [-0.4, -0.2) is 50.2 Å². The van der Waals surface area contributed by atoms with Gasteiger partial charge in [-0.15, -0.1) is 0 Å². The second kappa shape index (κ2) is 10.3. The smallest absolute Gasteiger partial charge is 0.475 e. The van der Waals surface area contributed by atoms with Gasteiger partial charge in [-0.1, -0.05) is 6.07 Å². The lowest BCUT2D eigenvalue weighted by Gasteiger charge is -2.18. The van der Waals surface area contributed by atoms with Crippen molar-refractivity contribution in [2.45, 2.75) is 25.6 Å². The van der Waals surface area contributed by atoms with Crippen LogP contribution in [0.15, 0.2) is 55.0 Å². The van der Waals surface area contributed by atoms with E-state index in [9.17, 15) is 17.6 Å². The van der Waals surface area contributed by atoms with Gasteiger partial charge in [-0.2, -0.15) is 13.2 Å². The molecule has 10 heteroatoms. The fourth-order valence-corrected chi connectivity index (χ4v) is 3.31. The zero-order valence-electron chi connectivity index (χ0n) is 16.9. The molecule has 2 aromatic heterocycles. The number of nitrogens with zero attached hydrogens (tertiary/aromatic N) is 4. The number of benzene rings is 1. The Bertz CT molecular complexity index is 1040. The molecular formula is C22H20F4N4O2. The number of hydrogen-bond donors (Lipinski definition) is 1. The molecule has 1 aliphatic rings. The highest BCUT2D eigenvalue weighted by molar-refractivity contribution is 5.73. The van der Waals surface area contributed by atoms with Gasteiger partial charge in [-0.3, -0.25) is 9.88 Å². The van der Waals surface area contributed by atoms with Crippen molar-refractivity contribution in [3.63, 3.8) is 0 Å². The lowest BCUT2D eigenvalue weighted by Crippen LogP contribution is -2.26. The van der Waals surface area contributed by atoms with E-state index in [4.69, 9.17) is 9.90 Å². The summed E-state index contributed by atoms with van der Waals surface area (Å²) in [7, 11) is 0. The highest BCUT2D eigenvalue weighted by Gasteiger charge is 2.38. The predicted octanol–water partition coefficient (Wildman–Crippen LogP) is 3.91. The molecule has 3 aromatic rings. The van der Waals surface area contributed by atoms with Crippen molar-refractivity contribution >= 4 is 5.97 Å². The summed E-state index contributed by atoms with van der Waals surface area (Å²) in [4.78, 5) is 24.7. The number of alkyl halides is 3. The van der Waals surface area contributed by atoms with E-state index in [1.54, 1.807) is 18.5 Å². The van der Waals surface area contributed by atoms with Crippen molar-refractivity contribution in [1.82, 2.24) is 19.9 Å². The van der Waals surface area contributed by atoms with Gasteiger partial charge >= 0.3 is 12.1 Å². The van der Waals surface area contributed by atoms with E-state index in [0.29, 0.717) is 0 Å². The molecule has 0 aliphatic carbocycles. The first-order valence-electron chi connectivity index (χ1n) is 9.75. The largest absolute Gasteiger partial charge is 0.490 e. The normalized spacial score (nSPS) is 14.0. The molecule has 1 aromatic carbocycles. The minimum atomic E-state index is -5.08. The average molecular weight is 448 g/mol. The topological polar surface area (TPSA) is 79.2 Å². The van der Waals surface area contributed by atoms with Crippen LogP contribution >= 0.6 is 0 Å². The summed E-state index contributed by atoms with van der Waals surface area (Å²) in [5, 5.41) is 7.12. The summed E-state index contributed by atoms with van der Waals surface area (Å²) in [5.74, 6) is -2.99. The van der Waals surface area contributed by atoms with Crippen LogP contribution < -0.4 is 0 Å². The van der Waals surface area contributed by atoms with E-state index >= 15 is 0 Å². The molecule has 1 N–H and O–H groups in total. The molecule has 0 spiro atoms. The average Bonchev–Trinajstić information content (AvgIpc) is 2.97. The molecule has 6 nitrogen and oxygen atoms in total. The highest BCUT2D eigenvalue weighted by atomic mass is 19.4. The van der Waals surface area contributed by atoms with Gasteiger partial charge in [0.15, 0.2) is 0 Å². The van der Waals surface area contributed by atoms with Crippen LogP contribution in [0, 0.1) is 5.82 Å². The molecule has 0 atom stereocenters. The number of carbonyl (C=O) groups is 1. The molecule has 0 saturated carbocycles. The van der Waals surface area contributed by atoms with Gasteiger partial charge in [-0.05, 0) is 42.8 Å². The van der Waals surface area contributed by atoms with Crippen LogP contribution in [0.4, 0.5) is 17.6 Å². The van der Waals surface area contributed by atoms with Crippen LogP contribution in [0.5, 0.6) is 0 Å². The maximum absolute atomic E-state index is 13.2. The monoisotopic (exact) mass is 448 g/mol. The van der Waals surface area contributed by atoms with Gasteiger partial charge in [0.2, 0.25) is 0 Å². The zero-order valence-corrected chi connectivity index (χ0v) is 16.9. The van der Waals surface area contributed by atoms with Gasteiger partial charge in [0.25, 0.3) is 0 Å². The van der Waals surface area contributed by atoms with E-state index in [1.165, 1.54) is 17.7 Å². The van der Waals surface area contributed by atoms with Crippen molar-refractivity contribution in [2.75, 3.05) is 13.1 Å². The lowest BCUT2D eigenvalue weighted by atomic mass is 10.0. The zero-order chi connectivity index (χ0) is 23.1. The Hall–Kier alpha value is -3.40. The summed E-state index contributed by atoms with van der Waals surface area (Å²) in [6, 6.07) is 12.5. The molecule has 4 rings (SSSR count). The molecule has 0 fully saturated rings. The number of hydrogen-bond acceptors (Lipinski definition) is 5. The standard InChI is InChI=1S/C20H19FN4.C2HF3O2/c21-16-6-4-15(5-7-16)20-18-8-11-25(12-9-19(18)23-14-24-20)13-17-3-1-2-10-22-17;3-2(4,5)1(6)7/h1-7,10,14H,8-9,11-13H2;(H,6,7). The minimum Gasteiger partial charge on any atom is -0.475 e. The quantitative estimate of drug-likeness (QED) is 0.612. The second-order valence-electron chi connectivity index (χ2n) is 7.05. The first kappa shape index (κ1) is 23.3. The van der Waals surface area contributed by atoms with E-state index in [1.807, 2.05) is 18.3 Å². The molecule has 32 heavy (non-hydrogen) atoms. The summed E-state index contributed by atoms with van der Waals surface area (Å²) in [5.41, 5.74) is 5.22. The van der Waals surface area contributed by atoms with Crippen LogP contribution in [0.2, 0.25) is 0 Å². The first-order valence-corrected chi connectivity index (χ1v) is 9.75. The van der Waals surface area contributed by atoms with Crippen LogP contribution in [0.25, 0.3) is 11.3 Å². The number of aliphatic carboxylic acids is 1. The van der Waals surface area contributed by atoms with Crippen molar-refractivity contribution in [2.24, 2.45) is 0 Å². The maximum atomic E-state index is 13.2. The van der Waals surface area contributed by atoms with Gasteiger partial charge in [-0.25, -0.2) is 19.2 Å². The maximum Gasteiger partial charge on any atom is 0.490 e. The van der Waals surface area contributed by atoms with Crippen LogP contribution in [0.3, 0.4) is 0 Å². The number of rotatable bonds is 3. The van der Waals surface area contributed by atoms with Gasteiger partial charge < -0.3 is 5.11 Å². The molecule has 0 unspecified atom stereocenters. The van der Waals surface area contributed by atoms with Crippen molar-refractivity contribution in [3.8, 4) is 11.3 Å². The van der Waals surface area contributed by atoms with Gasteiger partial charge in [0.05, 0.1) is 11.4 Å². The van der Waals surface area contributed by atoms with Crippen LogP contribution in [-0.2, 0) is 24.2 Å². The minimum absolute atomic E-state index is 0.231. The summed E-state index contributed by atoms with van der Waals surface area (Å²) < 4.78 is 45.0. The number of carboxylic acid groups (broad SMARTS) is 1. The molecule has 0 amide bonds. The number of carboxylic acids is 1. The second-order valence-corrected chi connectivity index (χ2v) is 7.05. The third kappa shape index (κ3) is 6.30. The first-order chi connectivity index (χ1) is 15.2. The van der Waals surface area contributed by atoms with Crippen molar-refractivity contribution < 1.29 is 27.5 Å². The third-order valence-electron chi connectivity index (χ3n) is 4.85. The highest BCUT2D eigenvalue weighted by Crippen LogP contribution is 2.26. The molecule has 1 aliphatic heterocycles. The molecule has 3 heterocycles. The van der Waals surface area contributed by atoms with Gasteiger partial charge in [0, 0.05) is 49.1 Å². The predicted molar refractivity (Wildman–Crippen MR) is 108 cm³/mol. The Balaban J connectivity index is 0.000000360. The Morgan fingerprint density at radius 1 is 1.00 bits per heavy atom. The summed E-state index contributed by atoms with van der Waals surface area (Å²) in [6.45, 7) is 2.72. The van der Waals surface area contributed by atoms with E-state index in [-0.39, 0.29) is 5.82 Å². The lowest BCUT2D eigenvalue weighted by molar-refractivity contribution is -0.192. The summed E-state index contributed by atoms with van der Waals surface area (Å²) in [6.07, 6.45) is 0.139. The Morgan fingerprint density at radius 3 is 2.31 bits per heavy atom. The number of pyridine rings is 1. The molecule has 168 valence electrons. The van der Waals surface area contributed by atoms with Crippen molar-refractivity contribution in [1.29, 1.82) is 0 Å². The van der Waals surface area contributed by atoms with E-state index in [2.05, 4.69) is 25.9 Å². The molecule has 0 radical (unpaired) electrons. The van der Waals surface area contributed by atoms with E-state index < -0.39 is 12.1 Å². The van der Waals surface area contributed by atoms with E-state index in [0.717, 1.165) is 55.1 Å². The fraction of sp³-hybridized carbons (Fsp3) is 0.273. The Morgan fingerprint density at radius 2 is 1.69 bits per heavy atom. The summed E-state index contributed by atoms with van der Waals surface area (Å²) >= 11 is 0. The third-order valence-corrected chi connectivity index (χ3v) is 4.85. The van der Waals surface area contributed by atoms with Crippen LogP contribution in [0.1, 0.15) is 17.0 Å². The molecule has 0 bridgehead atoms. The van der Waals surface area contributed by atoms with Gasteiger partial charge in [0.1, 0.15) is 12.1 Å². The fourth-order valence-electron chi connectivity index (χ4n) is 3.31. The number of aromatic nitrogens is 3. The Labute approximate surface area is 181 Å².